The van der Waals surface area contributed by atoms with Gasteiger partial charge in [-0.05, 0) is 65.1 Å². The fraction of sp³-hybridized carbons (Fsp3) is 0.261. The third-order valence-corrected chi connectivity index (χ3v) is 8.25. The number of hydrogen-bond acceptors (Lipinski definition) is 3. The molecule has 1 saturated heterocycles. The van der Waals surface area contributed by atoms with E-state index >= 15 is 0 Å². The van der Waals surface area contributed by atoms with Gasteiger partial charge in [-0.15, -0.1) is 0 Å². The van der Waals surface area contributed by atoms with Crippen LogP contribution in [0.3, 0.4) is 0 Å². The molecule has 0 unspecified atom stereocenters. The molecule has 0 atom stereocenters. The first-order valence-corrected chi connectivity index (χ1v) is 11.9. The van der Waals surface area contributed by atoms with Crippen molar-refractivity contribution >= 4 is 38.3 Å². The van der Waals surface area contributed by atoms with E-state index in [2.05, 4.69) is 12.1 Å². The Balaban J connectivity index is 1.36. The van der Waals surface area contributed by atoms with Crippen LogP contribution in [0.2, 0.25) is 5.02 Å². The second kappa shape index (κ2) is 7.38. The van der Waals surface area contributed by atoms with Crippen molar-refractivity contribution in [2.24, 2.45) is 0 Å². The Kier molecular flexibility index (Phi) is 4.81. The SMILES string of the molecule is O=C(c1ccc2c3c(cccc13)CC2)N1CCN(S(=O)(=O)c2ccc(Cl)cc2)CC1. The van der Waals surface area contributed by atoms with Crippen molar-refractivity contribution in [2.75, 3.05) is 26.2 Å². The molecule has 5 rings (SSSR count). The molecule has 1 aliphatic heterocycles. The summed E-state index contributed by atoms with van der Waals surface area (Å²) in [6, 6.07) is 16.3. The van der Waals surface area contributed by atoms with Crippen molar-refractivity contribution in [3.63, 3.8) is 0 Å². The molecule has 1 fully saturated rings. The van der Waals surface area contributed by atoms with Gasteiger partial charge < -0.3 is 4.90 Å². The smallest absolute Gasteiger partial charge is 0.254 e. The van der Waals surface area contributed by atoms with Gasteiger partial charge in [0.05, 0.1) is 4.90 Å². The molecule has 3 aromatic carbocycles. The Labute approximate surface area is 180 Å². The molecule has 154 valence electrons. The highest BCUT2D eigenvalue weighted by Crippen LogP contribution is 2.33. The van der Waals surface area contributed by atoms with Crippen molar-refractivity contribution in [1.29, 1.82) is 0 Å². The summed E-state index contributed by atoms with van der Waals surface area (Å²) in [7, 11) is -3.59. The largest absolute Gasteiger partial charge is 0.336 e. The lowest BCUT2D eigenvalue weighted by atomic mass is 9.99. The second-order valence-electron chi connectivity index (χ2n) is 7.76. The molecule has 5 nitrogen and oxygen atoms in total. The number of hydrogen-bond donors (Lipinski definition) is 0. The molecule has 1 amide bonds. The molecule has 30 heavy (non-hydrogen) atoms. The normalized spacial score (nSPS) is 16.9. The minimum absolute atomic E-state index is 0.0332. The number of carbonyl (C=O) groups is 1. The van der Waals surface area contributed by atoms with Gasteiger partial charge in [-0.25, -0.2) is 8.42 Å². The van der Waals surface area contributed by atoms with Gasteiger partial charge in [0.25, 0.3) is 5.91 Å². The van der Waals surface area contributed by atoms with E-state index in [-0.39, 0.29) is 23.9 Å². The van der Waals surface area contributed by atoms with Crippen molar-refractivity contribution in [3.8, 4) is 0 Å². The summed E-state index contributed by atoms with van der Waals surface area (Å²) < 4.78 is 27.2. The van der Waals surface area contributed by atoms with Gasteiger partial charge in [-0.2, -0.15) is 4.31 Å². The average molecular weight is 441 g/mol. The first-order chi connectivity index (χ1) is 14.4. The van der Waals surface area contributed by atoms with Gasteiger partial charge in [-0.3, -0.25) is 4.79 Å². The summed E-state index contributed by atoms with van der Waals surface area (Å²) in [5.41, 5.74) is 3.30. The van der Waals surface area contributed by atoms with Crippen LogP contribution in [0.25, 0.3) is 10.8 Å². The highest BCUT2D eigenvalue weighted by Gasteiger charge is 2.31. The maximum atomic E-state index is 13.3. The molecule has 0 bridgehead atoms. The standard InChI is InChI=1S/C23H21ClN2O3S/c24-18-7-9-19(10-8-18)30(28,29)26-14-12-25(13-15-26)23(27)21-11-6-17-5-4-16-2-1-3-20(21)22(16)17/h1-3,6-11H,4-5,12-15H2. The van der Waals surface area contributed by atoms with E-state index in [1.54, 1.807) is 17.0 Å². The molecule has 0 saturated carbocycles. The van der Waals surface area contributed by atoms with Gasteiger partial charge in [0, 0.05) is 36.8 Å². The molecular formula is C23H21ClN2O3S. The molecule has 7 heteroatoms. The minimum atomic E-state index is -3.59. The van der Waals surface area contributed by atoms with Gasteiger partial charge in [0.15, 0.2) is 0 Å². The van der Waals surface area contributed by atoms with Crippen molar-refractivity contribution in [2.45, 2.75) is 17.7 Å². The maximum absolute atomic E-state index is 13.3. The Morgan fingerprint density at radius 2 is 1.50 bits per heavy atom. The lowest BCUT2D eigenvalue weighted by molar-refractivity contribution is 0.0700. The van der Waals surface area contributed by atoms with Crippen LogP contribution in [0.4, 0.5) is 0 Å². The lowest BCUT2D eigenvalue weighted by Gasteiger charge is -2.34. The number of carbonyl (C=O) groups excluding carboxylic acids is 1. The third kappa shape index (κ3) is 3.20. The van der Waals surface area contributed by atoms with Crippen LogP contribution in [0.1, 0.15) is 21.5 Å². The summed E-state index contributed by atoms with van der Waals surface area (Å²) in [5.74, 6) is -0.0332. The number of amides is 1. The van der Waals surface area contributed by atoms with Gasteiger partial charge in [0.2, 0.25) is 10.0 Å². The van der Waals surface area contributed by atoms with Crippen LogP contribution in [-0.4, -0.2) is 49.7 Å². The summed E-state index contributed by atoms with van der Waals surface area (Å²) in [6.07, 6.45) is 2.04. The van der Waals surface area contributed by atoms with Crippen LogP contribution in [0.15, 0.2) is 59.5 Å². The van der Waals surface area contributed by atoms with Crippen LogP contribution in [0.5, 0.6) is 0 Å². The molecular weight excluding hydrogens is 420 g/mol. The minimum Gasteiger partial charge on any atom is -0.336 e. The highest BCUT2D eigenvalue weighted by molar-refractivity contribution is 7.89. The number of sulfonamides is 1. The van der Waals surface area contributed by atoms with Gasteiger partial charge in [-0.1, -0.05) is 35.9 Å². The predicted octanol–water partition coefficient (Wildman–Crippen LogP) is 3.74. The quantitative estimate of drug-likeness (QED) is 0.623. The molecule has 1 heterocycles. The first kappa shape index (κ1) is 19.5. The average Bonchev–Trinajstić information content (AvgIpc) is 3.19. The van der Waals surface area contributed by atoms with E-state index < -0.39 is 10.0 Å². The van der Waals surface area contributed by atoms with Crippen LogP contribution in [-0.2, 0) is 22.9 Å². The zero-order valence-corrected chi connectivity index (χ0v) is 17.9. The highest BCUT2D eigenvalue weighted by atomic mass is 35.5. The predicted molar refractivity (Wildman–Crippen MR) is 117 cm³/mol. The second-order valence-corrected chi connectivity index (χ2v) is 10.1. The molecule has 0 N–H and O–H groups in total. The Hall–Kier alpha value is -2.41. The molecule has 1 aliphatic carbocycles. The Morgan fingerprint density at radius 1 is 0.833 bits per heavy atom. The van der Waals surface area contributed by atoms with Gasteiger partial charge in [0.1, 0.15) is 0 Å². The Bertz CT molecular complexity index is 1240. The number of piperazine rings is 1. The van der Waals surface area contributed by atoms with E-state index in [9.17, 15) is 13.2 Å². The van der Waals surface area contributed by atoms with Crippen LogP contribution < -0.4 is 0 Å². The zero-order valence-electron chi connectivity index (χ0n) is 16.3. The van der Waals surface area contributed by atoms with Crippen LogP contribution >= 0.6 is 11.6 Å². The molecule has 0 radical (unpaired) electrons. The monoisotopic (exact) mass is 440 g/mol. The van der Waals surface area contributed by atoms with Crippen molar-refractivity contribution < 1.29 is 13.2 Å². The Morgan fingerprint density at radius 3 is 2.20 bits per heavy atom. The first-order valence-electron chi connectivity index (χ1n) is 10.0. The van der Waals surface area contributed by atoms with Gasteiger partial charge >= 0.3 is 0 Å². The summed E-state index contributed by atoms with van der Waals surface area (Å²) in [6.45, 7) is 1.29. The molecule has 0 spiro atoms. The van der Waals surface area contributed by atoms with E-state index in [4.69, 9.17) is 11.6 Å². The fourth-order valence-electron chi connectivity index (χ4n) is 4.49. The topological polar surface area (TPSA) is 57.7 Å². The number of rotatable bonds is 3. The maximum Gasteiger partial charge on any atom is 0.254 e. The molecule has 0 aromatic heterocycles. The fourth-order valence-corrected chi connectivity index (χ4v) is 6.04. The number of nitrogens with zero attached hydrogens (tertiary/aromatic N) is 2. The lowest BCUT2D eigenvalue weighted by Crippen LogP contribution is -2.50. The van der Waals surface area contributed by atoms with E-state index in [0.717, 1.165) is 18.2 Å². The van der Waals surface area contributed by atoms with E-state index in [0.29, 0.717) is 23.7 Å². The van der Waals surface area contributed by atoms with Crippen molar-refractivity contribution in [3.05, 3.63) is 76.3 Å². The molecule has 2 aliphatic rings. The van der Waals surface area contributed by atoms with E-state index in [1.165, 1.54) is 33.0 Å². The number of benzene rings is 3. The van der Waals surface area contributed by atoms with E-state index in [1.807, 2.05) is 18.2 Å². The summed E-state index contributed by atoms with van der Waals surface area (Å²) in [5, 5.41) is 2.71. The summed E-state index contributed by atoms with van der Waals surface area (Å²) in [4.78, 5) is 15.2. The number of aryl methyl sites for hydroxylation is 2. The van der Waals surface area contributed by atoms with Crippen molar-refractivity contribution in [1.82, 2.24) is 9.21 Å². The third-order valence-electron chi connectivity index (χ3n) is 6.08. The zero-order chi connectivity index (χ0) is 20.9. The molecule has 3 aromatic rings. The van der Waals surface area contributed by atoms with Crippen LogP contribution in [0, 0.1) is 0 Å². The number of halogens is 1. The summed E-state index contributed by atoms with van der Waals surface area (Å²) >= 11 is 5.87.